The van der Waals surface area contributed by atoms with Crippen molar-refractivity contribution in [2.45, 2.75) is 19.3 Å². The lowest BCUT2D eigenvalue weighted by atomic mass is 9.81. The van der Waals surface area contributed by atoms with Crippen molar-refractivity contribution in [1.29, 1.82) is 0 Å². The summed E-state index contributed by atoms with van der Waals surface area (Å²) in [5.74, 6) is 0. The zero-order valence-corrected chi connectivity index (χ0v) is 33.7. The van der Waals surface area contributed by atoms with E-state index in [1.54, 1.807) is 0 Å². The smallest absolute Gasteiger partial charge is 0.0583 e. The molecule has 0 spiro atoms. The molecule has 0 amide bonds. The molecule has 0 bridgehead atoms. The van der Waals surface area contributed by atoms with Gasteiger partial charge in [0.25, 0.3) is 0 Å². The van der Waals surface area contributed by atoms with E-state index in [-0.39, 0.29) is 5.41 Å². The lowest BCUT2D eigenvalue weighted by Crippen LogP contribution is -2.21. The van der Waals surface area contributed by atoms with Gasteiger partial charge in [0.15, 0.2) is 0 Å². The number of hydrogen-bond donors (Lipinski definition) is 0. The van der Waals surface area contributed by atoms with Crippen molar-refractivity contribution < 1.29 is 0 Å². The number of nitrogens with zero attached hydrogens (tertiary/aromatic N) is 3. The summed E-state index contributed by atoms with van der Waals surface area (Å²) in [6.45, 7) is 4.77. The predicted octanol–water partition coefficient (Wildman–Crippen LogP) is 15.7. The minimum atomic E-state index is -0.235. The number of rotatable bonds is 8. The first-order valence-corrected chi connectivity index (χ1v) is 20.8. The monoisotopic (exact) mass is 769 g/mol. The second-order valence-corrected chi connectivity index (χ2v) is 16.2. The van der Waals surface area contributed by atoms with Crippen LogP contribution >= 0.6 is 0 Å². The Bertz CT molecular complexity index is 3110. The fraction of sp³-hybridized carbons (Fsp3) is 0.0526. The predicted molar refractivity (Wildman–Crippen MR) is 253 cm³/mol. The minimum absolute atomic E-state index is 0.235. The Morgan fingerprint density at radius 2 is 0.917 bits per heavy atom. The second-order valence-electron chi connectivity index (χ2n) is 16.2. The summed E-state index contributed by atoms with van der Waals surface area (Å²) in [5.41, 5.74) is 17.5. The van der Waals surface area contributed by atoms with Crippen LogP contribution in [-0.4, -0.2) is 4.57 Å². The van der Waals surface area contributed by atoms with Crippen LogP contribution in [0.1, 0.15) is 25.0 Å². The molecule has 11 rings (SSSR count). The molecule has 3 nitrogen and oxygen atoms in total. The third-order valence-corrected chi connectivity index (χ3v) is 12.3. The summed E-state index contributed by atoms with van der Waals surface area (Å²) < 4.78 is 2.46. The number of hydrogen-bond acceptors (Lipinski definition) is 2. The van der Waals surface area contributed by atoms with E-state index >= 15 is 0 Å². The van der Waals surface area contributed by atoms with E-state index in [0.29, 0.717) is 0 Å². The van der Waals surface area contributed by atoms with Crippen molar-refractivity contribution in [2.24, 2.45) is 0 Å². The van der Waals surface area contributed by atoms with Crippen LogP contribution in [0.25, 0.3) is 49.7 Å². The average molecular weight is 770 g/mol. The first kappa shape index (κ1) is 35.5. The van der Waals surface area contributed by atoms with Gasteiger partial charge >= 0.3 is 0 Å². The molecular formula is C57H43N3. The summed E-state index contributed by atoms with van der Waals surface area (Å²) >= 11 is 0. The zero-order chi connectivity index (χ0) is 40.2. The molecule has 0 N–H and O–H groups in total. The first-order valence-electron chi connectivity index (χ1n) is 20.8. The Morgan fingerprint density at radius 3 is 1.58 bits per heavy atom. The van der Waals surface area contributed by atoms with Crippen molar-refractivity contribution in [3.63, 3.8) is 0 Å². The van der Waals surface area contributed by atoms with Crippen LogP contribution in [-0.2, 0) is 5.41 Å². The number of aromatic nitrogens is 1. The third kappa shape index (κ3) is 5.73. The van der Waals surface area contributed by atoms with Gasteiger partial charge in [0.2, 0.25) is 0 Å². The maximum absolute atomic E-state index is 2.53. The quantitative estimate of drug-likeness (QED) is 0.152. The van der Waals surface area contributed by atoms with Gasteiger partial charge in [-0.2, -0.15) is 0 Å². The van der Waals surface area contributed by atoms with Crippen LogP contribution in [0.2, 0.25) is 0 Å². The first-order chi connectivity index (χ1) is 29.6. The van der Waals surface area contributed by atoms with E-state index in [9.17, 15) is 0 Å². The molecule has 0 atom stereocenters. The lowest BCUT2D eigenvalue weighted by molar-refractivity contribution is 0.661. The summed E-state index contributed by atoms with van der Waals surface area (Å²) in [5, 5.41) is 2.39. The average Bonchev–Trinajstić information content (AvgIpc) is 3.77. The molecular weight excluding hydrogens is 727 g/mol. The molecule has 0 saturated carbocycles. The van der Waals surface area contributed by atoms with Gasteiger partial charge in [-0.3, -0.25) is 0 Å². The van der Waals surface area contributed by atoms with Crippen molar-refractivity contribution >= 4 is 55.9 Å². The molecule has 60 heavy (non-hydrogen) atoms. The van der Waals surface area contributed by atoms with Gasteiger partial charge in [0, 0.05) is 38.9 Å². The van der Waals surface area contributed by atoms with Crippen LogP contribution in [0.15, 0.2) is 224 Å². The number of benzene rings is 9. The van der Waals surface area contributed by atoms with Crippen molar-refractivity contribution in [1.82, 2.24) is 4.57 Å². The van der Waals surface area contributed by atoms with Gasteiger partial charge in [0.05, 0.1) is 28.1 Å². The van der Waals surface area contributed by atoms with E-state index in [1.165, 1.54) is 49.8 Å². The van der Waals surface area contributed by atoms with Crippen LogP contribution < -0.4 is 9.80 Å². The second kappa shape index (κ2) is 14.3. The molecule has 1 heterocycles. The van der Waals surface area contributed by atoms with Crippen LogP contribution in [0.5, 0.6) is 0 Å². The maximum Gasteiger partial charge on any atom is 0.0583 e. The highest BCUT2D eigenvalue weighted by Crippen LogP contribution is 2.56. The highest BCUT2D eigenvalue weighted by Gasteiger charge is 2.39. The highest BCUT2D eigenvalue weighted by atomic mass is 15.2. The zero-order valence-electron chi connectivity index (χ0n) is 33.7. The molecule has 0 saturated heterocycles. The molecule has 1 aliphatic carbocycles. The van der Waals surface area contributed by atoms with E-state index in [0.717, 1.165) is 45.2 Å². The topological polar surface area (TPSA) is 11.4 Å². The molecule has 0 unspecified atom stereocenters. The Kier molecular flexibility index (Phi) is 8.49. The number of para-hydroxylation sites is 4. The van der Waals surface area contributed by atoms with Gasteiger partial charge in [-0.15, -0.1) is 0 Å². The number of anilines is 6. The van der Waals surface area contributed by atoms with Crippen LogP contribution in [0, 0.1) is 0 Å². The minimum Gasteiger partial charge on any atom is -0.310 e. The van der Waals surface area contributed by atoms with Gasteiger partial charge in [-0.1, -0.05) is 166 Å². The van der Waals surface area contributed by atoms with Crippen molar-refractivity contribution in [2.75, 3.05) is 9.80 Å². The summed E-state index contributed by atoms with van der Waals surface area (Å²) in [7, 11) is 0. The highest BCUT2D eigenvalue weighted by molar-refractivity contribution is 6.18. The van der Waals surface area contributed by atoms with E-state index in [4.69, 9.17) is 0 Å². The molecule has 9 aromatic carbocycles. The Labute approximate surface area is 351 Å². The van der Waals surface area contributed by atoms with E-state index < -0.39 is 0 Å². The van der Waals surface area contributed by atoms with Crippen molar-refractivity contribution in [3.05, 3.63) is 236 Å². The fourth-order valence-corrected chi connectivity index (χ4v) is 9.67. The van der Waals surface area contributed by atoms with Gasteiger partial charge < -0.3 is 14.4 Å². The molecule has 1 aliphatic rings. The van der Waals surface area contributed by atoms with E-state index in [1.807, 2.05) is 0 Å². The Balaban J connectivity index is 1.26. The molecule has 10 aromatic rings. The Morgan fingerprint density at radius 1 is 0.383 bits per heavy atom. The molecule has 286 valence electrons. The molecule has 0 radical (unpaired) electrons. The normalized spacial score (nSPS) is 12.6. The Hall–Kier alpha value is -7.62. The van der Waals surface area contributed by atoms with E-state index in [2.05, 4.69) is 253 Å². The van der Waals surface area contributed by atoms with Crippen LogP contribution in [0.4, 0.5) is 34.1 Å². The standard InChI is InChI=1S/C57H43N3/c1-57(2)50-31-17-15-28-47(50)48-30-19-33-52(56(48)57)60(44-26-13-6-14-27-44)54-39-46(58(42-22-9-4-10-23-42)43-24-11-5-12-25-43)38-53-55(54)49-29-16-18-32-51(49)59(53)45-36-34-41(35-37-45)40-20-7-3-8-21-40/h3-39H,1-2H3. The van der Waals surface area contributed by atoms with Gasteiger partial charge in [0.1, 0.15) is 0 Å². The van der Waals surface area contributed by atoms with Gasteiger partial charge in [-0.05, 0) is 106 Å². The van der Waals surface area contributed by atoms with Crippen LogP contribution in [0.3, 0.4) is 0 Å². The third-order valence-electron chi connectivity index (χ3n) is 12.3. The lowest BCUT2D eigenvalue weighted by Gasteiger charge is -2.34. The largest absolute Gasteiger partial charge is 0.310 e. The van der Waals surface area contributed by atoms with Gasteiger partial charge in [-0.25, -0.2) is 0 Å². The maximum atomic E-state index is 2.53. The summed E-state index contributed by atoms with van der Waals surface area (Å²) in [6, 6.07) is 81.6. The molecule has 0 aliphatic heterocycles. The van der Waals surface area contributed by atoms with Crippen molar-refractivity contribution in [3.8, 4) is 27.9 Å². The summed E-state index contributed by atoms with van der Waals surface area (Å²) in [6.07, 6.45) is 0. The molecule has 0 fully saturated rings. The fourth-order valence-electron chi connectivity index (χ4n) is 9.67. The SMILES string of the molecule is CC1(C)c2ccccc2-c2cccc(N(c3ccccc3)c3cc(N(c4ccccc4)c4ccccc4)cc4c3c3ccccc3n4-c3ccc(-c4ccccc4)cc3)c21. The molecule has 3 heteroatoms. The summed E-state index contributed by atoms with van der Waals surface area (Å²) in [4.78, 5) is 4.92. The number of fused-ring (bicyclic) bond motifs is 6. The molecule has 1 aromatic heterocycles.